The topological polar surface area (TPSA) is 12.9 Å². The van der Waals surface area contributed by atoms with Gasteiger partial charge in [0.05, 0.1) is 0 Å². The van der Waals surface area contributed by atoms with Gasteiger partial charge in [0.15, 0.2) is 0 Å². The fourth-order valence-corrected chi connectivity index (χ4v) is 1.56. The third-order valence-electron chi connectivity index (χ3n) is 2.18. The van der Waals surface area contributed by atoms with Gasteiger partial charge in [0.1, 0.15) is 0 Å². The second-order valence-corrected chi connectivity index (χ2v) is 2.99. The molecule has 1 heterocycles. The summed E-state index contributed by atoms with van der Waals surface area (Å²) >= 11 is 0. The SMILES string of the molecule is [CH]1CCCc2cccnc2C1. The number of pyridine rings is 1. The first kappa shape index (κ1) is 6.84. The van der Waals surface area contributed by atoms with Crippen LogP contribution in [0.15, 0.2) is 18.3 Å². The smallest absolute Gasteiger partial charge is 0.0438 e. The van der Waals surface area contributed by atoms with Crippen molar-refractivity contribution in [2.75, 3.05) is 0 Å². The van der Waals surface area contributed by atoms with Gasteiger partial charge in [0, 0.05) is 11.9 Å². The van der Waals surface area contributed by atoms with E-state index in [1.165, 1.54) is 30.5 Å². The van der Waals surface area contributed by atoms with Crippen LogP contribution in [0.2, 0.25) is 0 Å². The molecule has 1 aromatic rings. The summed E-state index contributed by atoms with van der Waals surface area (Å²) in [5.74, 6) is 0. The summed E-state index contributed by atoms with van der Waals surface area (Å²) < 4.78 is 0. The van der Waals surface area contributed by atoms with Crippen molar-refractivity contribution in [2.45, 2.75) is 25.7 Å². The number of hydrogen-bond acceptors (Lipinski definition) is 1. The first-order valence-electron chi connectivity index (χ1n) is 4.21. The third kappa shape index (κ3) is 1.42. The van der Waals surface area contributed by atoms with Gasteiger partial charge in [-0.2, -0.15) is 0 Å². The van der Waals surface area contributed by atoms with Crippen molar-refractivity contribution in [1.29, 1.82) is 0 Å². The molecule has 0 aliphatic heterocycles. The summed E-state index contributed by atoms with van der Waals surface area (Å²) in [6.45, 7) is 0. The molecule has 0 aromatic carbocycles. The second kappa shape index (κ2) is 3.04. The van der Waals surface area contributed by atoms with Crippen LogP contribution in [0, 0.1) is 6.42 Å². The van der Waals surface area contributed by atoms with E-state index in [1.54, 1.807) is 0 Å². The molecule has 0 N–H and O–H groups in total. The van der Waals surface area contributed by atoms with Crippen molar-refractivity contribution >= 4 is 0 Å². The highest BCUT2D eigenvalue weighted by molar-refractivity contribution is 5.22. The summed E-state index contributed by atoms with van der Waals surface area (Å²) in [4.78, 5) is 4.35. The summed E-state index contributed by atoms with van der Waals surface area (Å²) in [5.41, 5.74) is 2.73. The van der Waals surface area contributed by atoms with Gasteiger partial charge in [-0.25, -0.2) is 0 Å². The molecule has 1 nitrogen and oxygen atoms in total. The van der Waals surface area contributed by atoms with Crippen molar-refractivity contribution in [3.63, 3.8) is 0 Å². The van der Waals surface area contributed by atoms with Crippen LogP contribution >= 0.6 is 0 Å². The molecule has 0 saturated carbocycles. The molecule has 0 fully saturated rings. The molecular formula is C10H12N. The lowest BCUT2D eigenvalue weighted by Gasteiger charge is -2.00. The Morgan fingerprint density at radius 1 is 1.36 bits per heavy atom. The zero-order chi connectivity index (χ0) is 7.52. The van der Waals surface area contributed by atoms with Crippen molar-refractivity contribution in [3.05, 3.63) is 36.0 Å². The standard InChI is InChI=1S/C10H12N/c1-2-5-9-6-4-8-11-10(9)7-3-1/h3-4,6,8H,1-2,5,7H2. The van der Waals surface area contributed by atoms with Crippen molar-refractivity contribution in [2.24, 2.45) is 0 Å². The molecule has 0 amide bonds. The minimum absolute atomic E-state index is 1.07. The average Bonchev–Trinajstić information content (AvgIpc) is 2.28. The second-order valence-electron chi connectivity index (χ2n) is 2.99. The maximum absolute atomic E-state index is 4.35. The molecule has 0 saturated heterocycles. The van der Waals surface area contributed by atoms with Crippen molar-refractivity contribution < 1.29 is 0 Å². The van der Waals surface area contributed by atoms with Gasteiger partial charge in [-0.15, -0.1) is 0 Å². The molecule has 1 aliphatic carbocycles. The number of fused-ring (bicyclic) bond motifs is 1. The lowest BCUT2D eigenvalue weighted by molar-refractivity contribution is 0.821. The molecule has 2 rings (SSSR count). The Bertz CT molecular complexity index is 217. The number of nitrogens with zero attached hydrogens (tertiary/aromatic N) is 1. The largest absolute Gasteiger partial charge is 0.261 e. The molecule has 1 radical (unpaired) electrons. The fourth-order valence-electron chi connectivity index (χ4n) is 1.56. The van der Waals surface area contributed by atoms with Gasteiger partial charge in [-0.05, 0) is 43.7 Å². The summed E-state index contributed by atoms with van der Waals surface area (Å²) in [6.07, 6.45) is 9.03. The highest BCUT2D eigenvalue weighted by Gasteiger charge is 2.06. The lowest BCUT2D eigenvalue weighted by Crippen LogP contribution is -1.93. The first-order valence-corrected chi connectivity index (χ1v) is 4.21. The van der Waals surface area contributed by atoms with Crippen LogP contribution in [-0.4, -0.2) is 4.98 Å². The Morgan fingerprint density at radius 3 is 3.36 bits per heavy atom. The molecule has 0 unspecified atom stereocenters. The summed E-state index contributed by atoms with van der Waals surface area (Å²) in [5, 5.41) is 0. The molecule has 0 bridgehead atoms. The predicted octanol–water partition coefficient (Wildman–Crippen LogP) is 2.16. The highest BCUT2D eigenvalue weighted by Crippen LogP contribution is 2.16. The highest BCUT2D eigenvalue weighted by atomic mass is 14.7. The van der Waals surface area contributed by atoms with Crippen LogP contribution in [0.1, 0.15) is 24.1 Å². The maximum atomic E-state index is 4.35. The van der Waals surface area contributed by atoms with E-state index < -0.39 is 0 Å². The van der Waals surface area contributed by atoms with Crippen LogP contribution < -0.4 is 0 Å². The molecule has 0 spiro atoms. The van der Waals surface area contributed by atoms with E-state index in [9.17, 15) is 0 Å². The summed E-state index contributed by atoms with van der Waals surface area (Å²) in [6, 6.07) is 4.23. The van der Waals surface area contributed by atoms with Gasteiger partial charge in [0.25, 0.3) is 0 Å². The monoisotopic (exact) mass is 146 g/mol. The predicted molar refractivity (Wildman–Crippen MR) is 45.2 cm³/mol. The van der Waals surface area contributed by atoms with Crippen LogP contribution in [0.5, 0.6) is 0 Å². The number of aromatic nitrogens is 1. The maximum Gasteiger partial charge on any atom is 0.0438 e. The number of hydrogen-bond donors (Lipinski definition) is 0. The van der Waals surface area contributed by atoms with Crippen LogP contribution in [0.4, 0.5) is 0 Å². The van der Waals surface area contributed by atoms with Crippen molar-refractivity contribution in [3.8, 4) is 0 Å². The molecule has 1 aromatic heterocycles. The minimum atomic E-state index is 1.07. The molecule has 0 atom stereocenters. The number of aryl methyl sites for hydroxylation is 1. The molecule has 11 heavy (non-hydrogen) atoms. The third-order valence-corrected chi connectivity index (χ3v) is 2.18. The zero-order valence-corrected chi connectivity index (χ0v) is 6.59. The van der Waals surface area contributed by atoms with Crippen LogP contribution in [0.3, 0.4) is 0 Å². The van der Waals surface area contributed by atoms with Crippen LogP contribution in [-0.2, 0) is 12.8 Å². The van der Waals surface area contributed by atoms with Gasteiger partial charge >= 0.3 is 0 Å². The molecular weight excluding hydrogens is 134 g/mol. The Morgan fingerprint density at radius 2 is 2.36 bits per heavy atom. The van der Waals surface area contributed by atoms with Crippen LogP contribution in [0.25, 0.3) is 0 Å². The van der Waals surface area contributed by atoms with E-state index in [2.05, 4.69) is 17.5 Å². The van der Waals surface area contributed by atoms with Gasteiger partial charge in [0.2, 0.25) is 0 Å². The normalized spacial score (nSPS) is 17.1. The van der Waals surface area contributed by atoms with E-state index >= 15 is 0 Å². The van der Waals surface area contributed by atoms with E-state index in [-0.39, 0.29) is 0 Å². The first-order chi connectivity index (χ1) is 5.47. The fraction of sp³-hybridized carbons (Fsp3) is 0.400. The molecule has 1 aliphatic rings. The lowest BCUT2D eigenvalue weighted by atomic mass is 10.1. The molecule has 57 valence electrons. The zero-order valence-electron chi connectivity index (χ0n) is 6.59. The van der Waals surface area contributed by atoms with E-state index in [1.807, 2.05) is 12.3 Å². The van der Waals surface area contributed by atoms with E-state index in [4.69, 9.17) is 0 Å². The Labute approximate surface area is 67.5 Å². The Kier molecular flexibility index (Phi) is 1.89. The quantitative estimate of drug-likeness (QED) is 0.511. The Hall–Kier alpha value is -0.850. The van der Waals surface area contributed by atoms with Gasteiger partial charge in [-0.1, -0.05) is 6.07 Å². The minimum Gasteiger partial charge on any atom is -0.261 e. The average molecular weight is 146 g/mol. The van der Waals surface area contributed by atoms with E-state index in [0.717, 1.165) is 6.42 Å². The van der Waals surface area contributed by atoms with E-state index in [0.29, 0.717) is 0 Å². The van der Waals surface area contributed by atoms with Gasteiger partial charge < -0.3 is 0 Å². The van der Waals surface area contributed by atoms with Gasteiger partial charge in [-0.3, -0.25) is 4.98 Å². The number of rotatable bonds is 0. The Balaban J connectivity index is 2.33. The summed E-state index contributed by atoms with van der Waals surface area (Å²) in [7, 11) is 0. The molecule has 1 heteroatoms. The van der Waals surface area contributed by atoms with Crippen molar-refractivity contribution in [1.82, 2.24) is 4.98 Å².